The Morgan fingerprint density at radius 2 is 1.82 bits per heavy atom. The van der Waals surface area contributed by atoms with Crippen molar-refractivity contribution in [3.8, 4) is 0 Å². The minimum Gasteiger partial charge on any atom is -0.357 e. The summed E-state index contributed by atoms with van der Waals surface area (Å²) in [5, 5.41) is 6.76. The summed E-state index contributed by atoms with van der Waals surface area (Å²) in [4.78, 5) is 8.93. The molecule has 0 bridgehead atoms. The Morgan fingerprint density at radius 1 is 1.21 bits per heavy atom. The number of hydrogen-bond acceptors (Lipinski definition) is 3. The summed E-state index contributed by atoms with van der Waals surface area (Å²) in [6.07, 6.45) is 2.11. The van der Waals surface area contributed by atoms with Crippen LogP contribution >= 0.6 is 0 Å². The first-order chi connectivity index (χ1) is 13.3. The van der Waals surface area contributed by atoms with Crippen molar-refractivity contribution in [1.29, 1.82) is 0 Å². The molecule has 0 radical (unpaired) electrons. The molecule has 2 N–H and O–H groups in total. The van der Waals surface area contributed by atoms with Gasteiger partial charge in [-0.3, -0.25) is 4.99 Å². The van der Waals surface area contributed by atoms with E-state index >= 15 is 0 Å². The van der Waals surface area contributed by atoms with Gasteiger partial charge in [-0.25, -0.2) is 8.78 Å². The van der Waals surface area contributed by atoms with Crippen molar-refractivity contribution in [1.82, 2.24) is 20.4 Å². The molecule has 1 saturated heterocycles. The van der Waals surface area contributed by atoms with Gasteiger partial charge in [0.1, 0.15) is 11.6 Å². The smallest absolute Gasteiger partial charge is 0.191 e. The van der Waals surface area contributed by atoms with E-state index in [0.29, 0.717) is 18.0 Å². The van der Waals surface area contributed by atoms with Gasteiger partial charge in [0.05, 0.1) is 12.6 Å². The predicted molar refractivity (Wildman–Crippen MR) is 112 cm³/mol. The van der Waals surface area contributed by atoms with Crippen molar-refractivity contribution >= 4 is 5.96 Å². The monoisotopic (exact) mass is 395 g/mol. The fourth-order valence-electron chi connectivity index (χ4n) is 3.59. The van der Waals surface area contributed by atoms with Crippen LogP contribution in [0.1, 0.15) is 45.2 Å². The van der Waals surface area contributed by atoms with Crippen molar-refractivity contribution in [2.75, 3.05) is 40.3 Å². The van der Waals surface area contributed by atoms with Gasteiger partial charge in [-0.2, -0.15) is 0 Å². The highest BCUT2D eigenvalue weighted by Gasteiger charge is 2.24. The fourth-order valence-corrected chi connectivity index (χ4v) is 3.59. The molecule has 1 aliphatic rings. The Kier molecular flexibility index (Phi) is 8.63. The van der Waals surface area contributed by atoms with E-state index in [1.165, 1.54) is 18.2 Å². The van der Waals surface area contributed by atoms with Crippen LogP contribution in [-0.2, 0) is 0 Å². The maximum absolute atomic E-state index is 14.3. The molecule has 28 heavy (non-hydrogen) atoms. The maximum atomic E-state index is 14.3. The highest BCUT2D eigenvalue weighted by atomic mass is 19.1. The SMILES string of the molecule is CCNC(=NCC(c1c(F)cccc1F)N(C)C)NC1CCN(C(C)C)CC1. The zero-order chi connectivity index (χ0) is 20.7. The van der Waals surface area contributed by atoms with Gasteiger partial charge in [-0.15, -0.1) is 0 Å². The Morgan fingerprint density at radius 3 is 2.32 bits per heavy atom. The summed E-state index contributed by atoms with van der Waals surface area (Å²) < 4.78 is 28.5. The number of nitrogens with zero attached hydrogens (tertiary/aromatic N) is 3. The molecule has 7 heteroatoms. The van der Waals surface area contributed by atoms with Gasteiger partial charge in [0.15, 0.2) is 5.96 Å². The zero-order valence-corrected chi connectivity index (χ0v) is 17.8. The largest absolute Gasteiger partial charge is 0.357 e. The quantitative estimate of drug-likeness (QED) is 0.550. The molecule has 2 rings (SSSR count). The molecule has 1 fully saturated rings. The number of aliphatic imine (C=N–C) groups is 1. The third-order valence-electron chi connectivity index (χ3n) is 5.32. The molecule has 0 amide bonds. The van der Waals surface area contributed by atoms with Crippen LogP contribution in [-0.4, -0.2) is 68.1 Å². The topological polar surface area (TPSA) is 42.9 Å². The molecule has 1 heterocycles. The van der Waals surface area contributed by atoms with Crippen LogP contribution in [0.2, 0.25) is 0 Å². The lowest BCUT2D eigenvalue weighted by Gasteiger charge is -2.35. The van der Waals surface area contributed by atoms with Gasteiger partial charge in [-0.05, 0) is 59.8 Å². The van der Waals surface area contributed by atoms with Crippen molar-refractivity contribution < 1.29 is 8.78 Å². The maximum Gasteiger partial charge on any atom is 0.191 e. The molecule has 0 saturated carbocycles. The van der Waals surface area contributed by atoms with Crippen LogP contribution in [0, 0.1) is 11.6 Å². The van der Waals surface area contributed by atoms with E-state index in [1.54, 1.807) is 4.90 Å². The molecular formula is C21H35F2N5. The van der Waals surface area contributed by atoms with Crippen molar-refractivity contribution in [3.63, 3.8) is 0 Å². The minimum atomic E-state index is -0.534. The van der Waals surface area contributed by atoms with E-state index in [4.69, 9.17) is 0 Å². The van der Waals surface area contributed by atoms with Gasteiger partial charge < -0.3 is 20.4 Å². The number of halogens is 2. The number of rotatable bonds is 7. The first-order valence-corrected chi connectivity index (χ1v) is 10.2. The van der Waals surface area contributed by atoms with E-state index in [-0.39, 0.29) is 12.1 Å². The van der Waals surface area contributed by atoms with Gasteiger partial charge in [0, 0.05) is 37.3 Å². The van der Waals surface area contributed by atoms with Crippen LogP contribution in [0.15, 0.2) is 23.2 Å². The molecule has 5 nitrogen and oxygen atoms in total. The molecule has 0 aromatic heterocycles. The summed E-state index contributed by atoms with van der Waals surface area (Å²) in [5.74, 6) is -0.366. The van der Waals surface area contributed by atoms with Crippen LogP contribution in [0.25, 0.3) is 0 Å². The Hall–Kier alpha value is -1.73. The second kappa shape index (κ2) is 10.7. The number of likely N-dealkylation sites (tertiary alicyclic amines) is 1. The summed E-state index contributed by atoms with van der Waals surface area (Å²) in [6, 6.07) is 4.43. The van der Waals surface area contributed by atoms with Crippen molar-refractivity contribution in [3.05, 3.63) is 35.4 Å². The predicted octanol–water partition coefficient (Wildman–Crippen LogP) is 3.00. The molecule has 1 aromatic rings. The zero-order valence-electron chi connectivity index (χ0n) is 17.8. The Bertz CT molecular complexity index is 619. The van der Waals surface area contributed by atoms with E-state index < -0.39 is 17.7 Å². The van der Waals surface area contributed by atoms with E-state index in [1.807, 2.05) is 21.0 Å². The Balaban J connectivity index is 2.07. The molecule has 1 unspecified atom stereocenters. The van der Waals surface area contributed by atoms with Crippen LogP contribution < -0.4 is 10.6 Å². The second-order valence-corrected chi connectivity index (χ2v) is 7.88. The molecule has 1 atom stereocenters. The van der Waals surface area contributed by atoms with E-state index in [9.17, 15) is 8.78 Å². The summed E-state index contributed by atoms with van der Waals surface area (Å²) in [5.41, 5.74) is 0.0670. The van der Waals surface area contributed by atoms with Crippen LogP contribution in [0.4, 0.5) is 8.78 Å². The lowest BCUT2D eigenvalue weighted by molar-refractivity contribution is 0.167. The highest BCUT2D eigenvalue weighted by molar-refractivity contribution is 5.80. The lowest BCUT2D eigenvalue weighted by Crippen LogP contribution is -2.50. The van der Waals surface area contributed by atoms with Crippen molar-refractivity contribution in [2.45, 2.75) is 51.7 Å². The van der Waals surface area contributed by atoms with Gasteiger partial charge in [-0.1, -0.05) is 6.07 Å². The van der Waals surface area contributed by atoms with Crippen molar-refractivity contribution in [2.24, 2.45) is 4.99 Å². The summed E-state index contributed by atoms with van der Waals surface area (Å²) in [6.45, 7) is 9.59. The molecular weight excluding hydrogens is 360 g/mol. The molecule has 0 aliphatic carbocycles. The standard InChI is InChI=1S/C21H35F2N5/c1-6-24-21(26-16-10-12-28(13-11-16)15(2)3)25-14-19(27(4)5)20-17(22)8-7-9-18(20)23/h7-9,15-16,19H,6,10-14H2,1-5H3,(H2,24,25,26). The summed E-state index contributed by atoms with van der Waals surface area (Å²) >= 11 is 0. The Labute approximate surface area is 168 Å². The van der Waals surface area contributed by atoms with Gasteiger partial charge in [0.25, 0.3) is 0 Å². The average molecular weight is 396 g/mol. The summed E-state index contributed by atoms with van der Waals surface area (Å²) in [7, 11) is 3.63. The van der Waals surface area contributed by atoms with Crippen LogP contribution in [0.3, 0.4) is 0 Å². The molecule has 1 aromatic carbocycles. The molecule has 158 valence electrons. The minimum absolute atomic E-state index is 0.0670. The van der Waals surface area contributed by atoms with Gasteiger partial charge in [0.2, 0.25) is 0 Å². The molecule has 0 spiro atoms. The normalized spacial score (nSPS) is 18.0. The number of likely N-dealkylation sites (N-methyl/N-ethyl adjacent to an activating group) is 1. The van der Waals surface area contributed by atoms with E-state index in [0.717, 1.165) is 32.5 Å². The second-order valence-electron chi connectivity index (χ2n) is 7.88. The first kappa shape index (κ1) is 22.6. The van der Waals surface area contributed by atoms with Gasteiger partial charge >= 0.3 is 0 Å². The number of piperidine rings is 1. The number of benzene rings is 1. The average Bonchev–Trinajstić information content (AvgIpc) is 2.64. The number of nitrogens with one attached hydrogen (secondary N) is 2. The lowest BCUT2D eigenvalue weighted by atomic mass is 10.0. The van der Waals surface area contributed by atoms with Crippen LogP contribution in [0.5, 0.6) is 0 Å². The first-order valence-electron chi connectivity index (χ1n) is 10.2. The third kappa shape index (κ3) is 6.14. The fraction of sp³-hybridized carbons (Fsp3) is 0.667. The highest BCUT2D eigenvalue weighted by Crippen LogP contribution is 2.24. The third-order valence-corrected chi connectivity index (χ3v) is 5.32. The number of hydrogen-bond donors (Lipinski definition) is 2. The van der Waals surface area contributed by atoms with E-state index in [2.05, 4.69) is 34.4 Å². The number of guanidine groups is 1. The molecule has 1 aliphatic heterocycles.